The van der Waals surface area contributed by atoms with E-state index in [0.29, 0.717) is 25.3 Å². The smallest absolute Gasteiger partial charge is 0.325 e. The quantitative estimate of drug-likeness (QED) is 0.624. The summed E-state index contributed by atoms with van der Waals surface area (Å²) >= 11 is 0. The molecule has 2 aliphatic heterocycles. The van der Waals surface area contributed by atoms with Gasteiger partial charge >= 0.3 is 6.03 Å². The highest BCUT2D eigenvalue weighted by atomic mass is 16.2. The minimum Gasteiger partial charge on any atom is -0.350 e. The second-order valence-electron chi connectivity index (χ2n) is 11.8. The Bertz CT molecular complexity index is 938. The highest BCUT2D eigenvalue weighted by molar-refractivity contribution is 6.09. The first-order chi connectivity index (χ1) is 16.1. The molecule has 34 heavy (non-hydrogen) atoms. The molecule has 2 N–H and O–H groups in total. The van der Waals surface area contributed by atoms with Gasteiger partial charge in [0.05, 0.1) is 0 Å². The van der Waals surface area contributed by atoms with Crippen molar-refractivity contribution in [3.63, 3.8) is 0 Å². The zero-order chi connectivity index (χ0) is 24.5. The van der Waals surface area contributed by atoms with Crippen molar-refractivity contribution in [2.45, 2.75) is 78.4 Å². The van der Waals surface area contributed by atoms with Crippen LogP contribution in [0.15, 0.2) is 24.3 Å². The maximum atomic E-state index is 13.3. The summed E-state index contributed by atoms with van der Waals surface area (Å²) in [6.45, 7) is 11.9. The van der Waals surface area contributed by atoms with E-state index in [4.69, 9.17) is 0 Å². The number of hydrogen-bond acceptors (Lipinski definition) is 4. The molecule has 0 radical (unpaired) electrons. The molecule has 1 aliphatic carbocycles. The number of amides is 4. The van der Waals surface area contributed by atoms with Gasteiger partial charge in [0.2, 0.25) is 5.91 Å². The molecule has 7 heteroatoms. The molecule has 186 valence electrons. The number of hydrogen-bond donors (Lipinski definition) is 2. The highest BCUT2D eigenvalue weighted by Crippen LogP contribution is 2.46. The molecule has 0 bridgehead atoms. The van der Waals surface area contributed by atoms with Crippen molar-refractivity contribution in [1.29, 1.82) is 0 Å². The lowest BCUT2D eigenvalue weighted by Gasteiger charge is -2.43. The van der Waals surface area contributed by atoms with Gasteiger partial charge in [0.15, 0.2) is 0 Å². The summed E-state index contributed by atoms with van der Waals surface area (Å²) < 4.78 is 0. The van der Waals surface area contributed by atoms with Crippen LogP contribution in [0, 0.1) is 17.3 Å². The summed E-state index contributed by atoms with van der Waals surface area (Å²) in [4.78, 5) is 42.3. The number of carbonyl (C=O) groups is 3. The molecule has 3 fully saturated rings. The predicted octanol–water partition coefficient (Wildman–Crippen LogP) is 3.67. The van der Waals surface area contributed by atoms with Crippen LogP contribution < -0.4 is 10.6 Å². The third-order valence-electron chi connectivity index (χ3n) is 7.79. The number of nitrogens with one attached hydrogen (secondary N) is 2. The van der Waals surface area contributed by atoms with Gasteiger partial charge in [-0.1, -0.05) is 52.0 Å². The van der Waals surface area contributed by atoms with Gasteiger partial charge in [0.1, 0.15) is 12.1 Å². The van der Waals surface area contributed by atoms with E-state index in [9.17, 15) is 14.4 Å². The van der Waals surface area contributed by atoms with E-state index < -0.39 is 11.6 Å². The maximum Gasteiger partial charge on any atom is 0.325 e. The lowest BCUT2D eigenvalue weighted by molar-refractivity contribution is -0.137. The van der Waals surface area contributed by atoms with E-state index in [1.165, 1.54) is 18.4 Å². The molecule has 1 spiro atoms. The Morgan fingerprint density at radius 2 is 1.74 bits per heavy atom. The van der Waals surface area contributed by atoms with E-state index in [0.717, 1.165) is 42.4 Å². The van der Waals surface area contributed by atoms with Crippen molar-refractivity contribution in [2.24, 2.45) is 17.3 Å². The average molecular weight is 469 g/mol. The Hall–Kier alpha value is -2.41. The largest absolute Gasteiger partial charge is 0.350 e. The summed E-state index contributed by atoms with van der Waals surface area (Å²) in [6, 6.07) is 7.72. The zero-order valence-electron chi connectivity index (χ0n) is 21.2. The molecular formula is C27H40N4O3. The molecule has 4 amide bonds. The van der Waals surface area contributed by atoms with E-state index in [1.807, 2.05) is 18.2 Å². The average Bonchev–Trinajstić information content (AvgIpc) is 2.96. The molecule has 4 rings (SSSR count). The summed E-state index contributed by atoms with van der Waals surface area (Å²) in [5.41, 5.74) is 1.38. The molecule has 7 nitrogen and oxygen atoms in total. The van der Waals surface area contributed by atoms with Crippen molar-refractivity contribution in [3.05, 3.63) is 35.4 Å². The van der Waals surface area contributed by atoms with E-state index in [-0.39, 0.29) is 23.8 Å². The van der Waals surface area contributed by atoms with Gasteiger partial charge in [-0.3, -0.25) is 19.4 Å². The van der Waals surface area contributed by atoms with Gasteiger partial charge in [-0.25, -0.2) is 4.79 Å². The lowest BCUT2D eigenvalue weighted by atomic mass is 9.64. The van der Waals surface area contributed by atoms with Crippen LogP contribution in [-0.4, -0.2) is 52.8 Å². The van der Waals surface area contributed by atoms with E-state index in [1.54, 1.807) is 0 Å². The Labute approximate surface area is 203 Å². The van der Waals surface area contributed by atoms with Gasteiger partial charge in [-0.05, 0) is 73.6 Å². The monoisotopic (exact) mass is 468 g/mol. The molecule has 2 unspecified atom stereocenters. The highest BCUT2D eigenvalue weighted by Gasteiger charge is 2.56. The summed E-state index contributed by atoms with van der Waals surface area (Å²) in [5.74, 6) is 0.553. The first-order valence-electron chi connectivity index (χ1n) is 12.8. The molecule has 1 aromatic carbocycles. The van der Waals surface area contributed by atoms with Gasteiger partial charge < -0.3 is 10.6 Å². The Morgan fingerprint density at radius 3 is 2.41 bits per heavy atom. The van der Waals surface area contributed by atoms with Gasteiger partial charge in [-0.2, -0.15) is 0 Å². The fraction of sp³-hybridized carbons (Fsp3) is 0.667. The predicted molar refractivity (Wildman–Crippen MR) is 132 cm³/mol. The van der Waals surface area contributed by atoms with Gasteiger partial charge in [0.25, 0.3) is 5.91 Å². The number of benzene rings is 1. The number of imide groups is 1. The number of carbonyl (C=O) groups excluding carboxylic acids is 3. The third kappa shape index (κ3) is 5.45. The molecule has 1 saturated carbocycles. The molecule has 1 aromatic rings. The second kappa shape index (κ2) is 9.68. The third-order valence-corrected chi connectivity index (χ3v) is 7.79. The number of likely N-dealkylation sites (tertiary alicyclic amines) is 1. The lowest BCUT2D eigenvalue weighted by Crippen LogP contribution is -2.54. The molecule has 2 atom stereocenters. The van der Waals surface area contributed by atoms with Crippen molar-refractivity contribution in [2.75, 3.05) is 19.6 Å². The van der Waals surface area contributed by atoms with Crippen molar-refractivity contribution >= 4 is 17.8 Å². The summed E-state index contributed by atoms with van der Waals surface area (Å²) in [7, 11) is 0. The Morgan fingerprint density at radius 1 is 1.06 bits per heavy atom. The molecule has 2 saturated heterocycles. The fourth-order valence-electron chi connectivity index (χ4n) is 6.39. The standard InChI is InChI=1S/C27H40N4O3/c1-19-9-11-30(12-10-19)16-22-8-6-5-7-21(22)15-28-23(32)17-31-24(33)27(29-25(31)34)14-20(2)13-26(3,4)18-27/h5-8,19-20H,9-18H2,1-4H3,(H,28,32)(H,29,34). The second-order valence-corrected chi connectivity index (χ2v) is 11.8. The Balaban J connectivity index is 1.35. The topological polar surface area (TPSA) is 81.8 Å². The summed E-state index contributed by atoms with van der Waals surface area (Å²) in [5, 5.41) is 5.88. The van der Waals surface area contributed by atoms with Crippen LogP contribution in [0.25, 0.3) is 0 Å². The minimum atomic E-state index is -0.878. The molecule has 0 aromatic heterocycles. The SMILES string of the molecule is CC1CCN(Cc2ccccc2CNC(=O)CN2C(=O)NC3(CC(C)CC(C)(C)C3)C2=O)CC1. The molecular weight excluding hydrogens is 428 g/mol. The number of rotatable bonds is 6. The first-order valence-corrected chi connectivity index (χ1v) is 12.8. The minimum absolute atomic E-state index is 0.0328. The van der Waals surface area contributed by atoms with Crippen molar-refractivity contribution < 1.29 is 14.4 Å². The van der Waals surface area contributed by atoms with Crippen molar-refractivity contribution in [3.8, 4) is 0 Å². The van der Waals surface area contributed by atoms with Crippen LogP contribution in [0.5, 0.6) is 0 Å². The normalized spacial score (nSPS) is 27.8. The van der Waals surface area contributed by atoms with E-state index >= 15 is 0 Å². The van der Waals surface area contributed by atoms with Crippen LogP contribution in [-0.2, 0) is 22.7 Å². The van der Waals surface area contributed by atoms with Crippen molar-refractivity contribution in [1.82, 2.24) is 20.4 Å². The summed E-state index contributed by atoms with van der Waals surface area (Å²) in [6.07, 6.45) is 4.70. The molecule has 3 aliphatic rings. The van der Waals surface area contributed by atoms with Crippen LogP contribution >= 0.6 is 0 Å². The van der Waals surface area contributed by atoms with Gasteiger partial charge in [-0.15, -0.1) is 0 Å². The van der Waals surface area contributed by atoms with Gasteiger partial charge in [0, 0.05) is 13.1 Å². The number of urea groups is 1. The first kappa shape index (κ1) is 24.7. The van der Waals surface area contributed by atoms with Crippen LogP contribution in [0.3, 0.4) is 0 Å². The zero-order valence-corrected chi connectivity index (χ0v) is 21.2. The molecule has 2 heterocycles. The van der Waals surface area contributed by atoms with Crippen LogP contribution in [0.1, 0.15) is 70.9 Å². The fourth-order valence-corrected chi connectivity index (χ4v) is 6.39. The Kier molecular flexibility index (Phi) is 7.04. The maximum absolute atomic E-state index is 13.3. The van der Waals surface area contributed by atoms with Crippen LogP contribution in [0.4, 0.5) is 4.79 Å². The number of nitrogens with zero attached hydrogens (tertiary/aromatic N) is 2. The number of piperidine rings is 1. The van der Waals surface area contributed by atoms with Crippen LogP contribution in [0.2, 0.25) is 0 Å². The van der Waals surface area contributed by atoms with E-state index in [2.05, 4.69) is 49.3 Å².